The molecule has 35 heavy (non-hydrogen) atoms. The lowest BCUT2D eigenvalue weighted by Gasteiger charge is -2.18. The number of nitrogens with zero attached hydrogens (tertiary/aromatic N) is 1. The monoisotopic (exact) mass is 469 g/mol. The van der Waals surface area contributed by atoms with Crippen molar-refractivity contribution in [3.63, 3.8) is 0 Å². The molecule has 0 bridgehead atoms. The van der Waals surface area contributed by atoms with Gasteiger partial charge in [-0.3, -0.25) is 0 Å². The van der Waals surface area contributed by atoms with Crippen LogP contribution in [0.25, 0.3) is 6.08 Å². The molecule has 0 spiro atoms. The molecule has 3 aromatic rings. The molecule has 6 nitrogen and oxygen atoms in total. The molecule has 1 aliphatic heterocycles. The van der Waals surface area contributed by atoms with Crippen LogP contribution >= 0.6 is 0 Å². The molecule has 6 heteroatoms. The van der Waals surface area contributed by atoms with Gasteiger partial charge in [0.15, 0.2) is 5.70 Å². The highest BCUT2D eigenvalue weighted by molar-refractivity contribution is 6.12. The van der Waals surface area contributed by atoms with Crippen LogP contribution in [0, 0.1) is 0 Å². The third kappa shape index (κ3) is 5.84. The first-order valence-electron chi connectivity index (χ1n) is 11.4. The van der Waals surface area contributed by atoms with Gasteiger partial charge in [-0.1, -0.05) is 45.0 Å². The van der Waals surface area contributed by atoms with Gasteiger partial charge < -0.3 is 14.2 Å². The van der Waals surface area contributed by atoms with Gasteiger partial charge in [0.05, 0.1) is 12.2 Å². The average molecular weight is 470 g/mol. The first-order chi connectivity index (χ1) is 16.7. The molecule has 178 valence electrons. The molecule has 0 aromatic heterocycles. The summed E-state index contributed by atoms with van der Waals surface area (Å²) in [5.74, 6) is 0.431. The van der Waals surface area contributed by atoms with E-state index < -0.39 is 11.9 Å². The maximum Gasteiger partial charge on any atom is 0.363 e. The van der Waals surface area contributed by atoms with Crippen LogP contribution in [0.2, 0.25) is 0 Å². The summed E-state index contributed by atoms with van der Waals surface area (Å²) in [7, 11) is 0. The van der Waals surface area contributed by atoms with Gasteiger partial charge in [-0.05, 0) is 78.1 Å². The summed E-state index contributed by atoms with van der Waals surface area (Å²) in [5, 5.41) is 0. The van der Waals surface area contributed by atoms with Gasteiger partial charge >= 0.3 is 11.9 Å². The number of cyclic esters (lactones) is 1. The summed E-state index contributed by atoms with van der Waals surface area (Å²) in [4.78, 5) is 29.1. The molecule has 0 radical (unpaired) electrons. The van der Waals surface area contributed by atoms with Crippen molar-refractivity contribution in [1.29, 1.82) is 0 Å². The van der Waals surface area contributed by atoms with E-state index in [2.05, 4.69) is 25.8 Å². The Hall–Kier alpha value is -4.19. The molecule has 0 atom stereocenters. The fourth-order valence-electron chi connectivity index (χ4n) is 3.46. The van der Waals surface area contributed by atoms with Gasteiger partial charge in [0.2, 0.25) is 5.90 Å². The Morgan fingerprint density at radius 1 is 0.914 bits per heavy atom. The molecule has 0 fully saturated rings. The number of aliphatic imine (C=N–C) groups is 1. The van der Waals surface area contributed by atoms with E-state index in [1.54, 1.807) is 66.7 Å². The predicted octanol–water partition coefficient (Wildman–Crippen LogP) is 5.95. The van der Waals surface area contributed by atoms with Crippen molar-refractivity contribution >= 4 is 23.9 Å². The van der Waals surface area contributed by atoms with Crippen molar-refractivity contribution < 1.29 is 23.8 Å². The van der Waals surface area contributed by atoms with Crippen molar-refractivity contribution in [3.05, 3.63) is 101 Å². The van der Waals surface area contributed by atoms with E-state index in [0.717, 1.165) is 16.9 Å². The molecule has 0 saturated heterocycles. The van der Waals surface area contributed by atoms with Gasteiger partial charge in [-0.25, -0.2) is 14.6 Å². The fourth-order valence-corrected chi connectivity index (χ4v) is 3.46. The summed E-state index contributed by atoms with van der Waals surface area (Å²) in [6.07, 6.45) is 1.63. The van der Waals surface area contributed by atoms with E-state index >= 15 is 0 Å². The zero-order valence-electron chi connectivity index (χ0n) is 20.2. The SMILES string of the molecule is CCOc1ccc(C2=N/C(=C\c3ccc(OC(=O)c4ccc(C(C)(C)C)cc4)cc3)C(=O)O2)cc1. The summed E-state index contributed by atoms with van der Waals surface area (Å²) in [5.41, 5.74) is 3.24. The summed E-state index contributed by atoms with van der Waals surface area (Å²) >= 11 is 0. The van der Waals surface area contributed by atoms with Crippen molar-refractivity contribution in [1.82, 2.24) is 0 Å². The standard InChI is InChI=1S/C29H27NO5/c1-5-33-23-16-10-20(11-17-23)26-30-25(28(32)35-26)18-19-6-14-24(15-7-19)34-27(31)21-8-12-22(13-9-21)29(2,3)4/h6-18H,5H2,1-4H3/b25-18-. The number of rotatable bonds is 6. The summed E-state index contributed by atoms with van der Waals surface area (Å²) in [6.45, 7) is 8.85. The van der Waals surface area contributed by atoms with Crippen LogP contribution in [0.5, 0.6) is 11.5 Å². The molecule has 1 heterocycles. The van der Waals surface area contributed by atoms with E-state index in [4.69, 9.17) is 14.2 Å². The molecule has 0 N–H and O–H groups in total. The van der Waals surface area contributed by atoms with Crippen LogP contribution in [-0.4, -0.2) is 24.4 Å². The first-order valence-corrected chi connectivity index (χ1v) is 11.4. The minimum absolute atomic E-state index is 0.0115. The molecule has 0 aliphatic carbocycles. The highest BCUT2D eigenvalue weighted by Gasteiger charge is 2.24. The van der Waals surface area contributed by atoms with Gasteiger partial charge in [-0.2, -0.15) is 0 Å². The van der Waals surface area contributed by atoms with Crippen LogP contribution in [0.4, 0.5) is 0 Å². The second-order valence-electron chi connectivity index (χ2n) is 9.08. The van der Waals surface area contributed by atoms with Crippen LogP contribution in [0.3, 0.4) is 0 Å². The molecular weight excluding hydrogens is 442 g/mol. The number of ether oxygens (including phenoxy) is 3. The third-order valence-corrected chi connectivity index (χ3v) is 5.41. The van der Waals surface area contributed by atoms with Crippen molar-refractivity contribution in [2.24, 2.45) is 4.99 Å². The minimum atomic E-state index is -0.525. The van der Waals surface area contributed by atoms with Gasteiger partial charge in [0.1, 0.15) is 11.5 Å². The molecule has 3 aromatic carbocycles. The molecule has 1 aliphatic rings. The van der Waals surface area contributed by atoms with Crippen LogP contribution in [-0.2, 0) is 14.9 Å². The Labute approximate surface area is 204 Å². The average Bonchev–Trinajstić information content (AvgIpc) is 3.20. The summed E-state index contributed by atoms with van der Waals surface area (Å²) < 4.78 is 16.2. The molecule has 4 rings (SSSR count). The van der Waals surface area contributed by atoms with Gasteiger partial charge in [0, 0.05) is 5.56 Å². The minimum Gasteiger partial charge on any atom is -0.494 e. The number of carbonyl (C=O) groups excluding carboxylic acids is 2. The van der Waals surface area contributed by atoms with Gasteiger partial charge in [0.25, 0.3) is 0 Å². The number of carbonyl (C=O) groups is 2. The molecular formula is C29H27NO5. The third-order valence-electron chi connectivity index (χ3n) is 5.41. The van der Waals surface area contributed by atoms with Crippen molar-refractivity contribution in [2.75, 3.05) is 6.61 Å². The smallest absolute Gasteiger partial charge is 0.363 e. The summed E-state index contributed by atoms with van der Waals surface area (Å²) in [6, 6.07) is 21.4. The van der Waals surface area contributed by atoms with Crippen molar-refractivity contribution in [2.45, 2.75) is 33.1 Å². The van der Waals surface area contributed by atoms with Crippen molar-refractivity contribution in [3.8, 4) is 11.5 Å². The van der Waals surface area contributed by atoms with E-state index in [1.165, 1.54) is 0 Å². The second-order valence-corrected chi connectivity index (χ2v) is 9.08. The Morgan fingerprint density at radius 2 is 1.54 bits per heavy atom. The highest BCUT2D eigenvalue weighted by Crippen LogP contribution is 2.24. The van der Waals surface area contributed by atoms with E-state index in [0.29, 0.717) is 23.5 Å². The van der Waals surface area contributed by atoms with Crippen LogP contribution < -0.4 is 9.47 Å². The normalized spacial score (nSPS) is 14.5. The van der Waals surface area contributed by atoms with Crippen LogP contribution in [0.1, 0.15) is 54.7 Å². The predicted molar refractivity (Wildman–Crippen MR) is 135 cm³/mol. The zero-order chi connectivity index (χ0) is 25.0. The van der Waals surface area contributed by atoms with Crippen LogP contribution in [0.15, 0.2) is 83.5 Å². The Balaban J connectivity index is 1.43. The Morgan fingerprint density at radius 3 is 2.14 bits per heavy atom. The molecule has 0 unspecified atom stereocenters. The van der Waals surface area contributed by atoms with E-state index in [9.17, 15) is 9.59 Å². The molecule has 0 amide bonds. The first kappa shape index (κ1) is 24.0. The number of hydrogen-bond donors (Lipinski definition) is 0. The second kappa shape index (κ2) is 9.97. The fraction of sp³-hybridized carbons (Fsp3) is 0.207. The topological polar surface area (TPSA) is 74.2 Å². The maximum atomic E-state index is 12.5. The number of benzene rings is 3. The van der Waals surface area contributed by atoms with E-state index in [1.807, 2.05) is 19.1 Å². The molecule has 0 saturated carbocycles. The Kier molecular flexibility index (Phi) is 6.82. The lowest BCUT2D eigenvalue weighted by atomic mass is 9.87. The highest BCUT2D eigenvalue weighted by atomic mass is 16.6. The van der Waals surface area contributed by atoms with E-state index in [-0.39, 0.29) is 17.0 Å². The van der Waals surface area contributed by atoms with Gasteiger partial charge in [-0.15, -0.1) is 0 Å². The quantitative estimate of drug-likeness (QED) is 0.253. The largest absolute Gasteiger partial charge is 0.494 e. The maximum absolute atomic E-state index is 12.5. The number of esters is 2. The number of hydrogen-bond acceptors (Lipinski definition) is 6. The lowest BCUT2D eigenvalue weighted by molar-refractivity contribution is -0.129. The zero-order valence-corrected chi connectivity index (χ0v) is 20.2. The lowest BCUT2D eigenvalue weighted by Crippen LogP contribution is -2.12. The Bertz CT molecular complexity index is 1280.